The Balaban J connectivity index is 2.27. The second-order valence-corrected chi connectivity index (χ2v) is 7.20. The number of nitrogens with one attached hydrogen (secondary N) is 1. The van der Waals surface area contributed by atoms with Crippen molar-refractivity contribution in [2.45, 2.75) is 0 Å². The largest absolute Gasteiger partial charge is 0.389 e. The molecule has 0 aliphatic heterocycles. The molecule has 21 heavy (non-hydrogen) atoms. The van der Waals surface area contributed by atoms with Crippen LogP contribution in [0, 0.1) is 0 Å². The molecule has 0 saturated carbocycles. The van der Waals surface area contributed by atoms with E-state index in [2.05, 4.69) is 53.1 Å². The lowest BCUT2D eigenvalue weighted by molar-refractivity contribution is 0.102. The highest BCUT2D eigenvalue weighted by atomic mass is 79.9. The van der Waals surface area contributed by atoms with Crippen LogP contribution in [0.4, 0.5) is 5.69 Å². The lowest BCUT2D eigenvalue weighted by atomic mass is 10.2. The van der Waals surface area contributed by atoms with Gasteiger partial charge in [-0.15, -0.1) is 0 Å². The number of hydrogen-bond acceptors (Lipinski definition) is 2. The molecule has 2 aromatic carbocycles. The van der Waals surface area contributed by atoms with Crippen LogP contribution in [0.5, 0.6) is 0 Å². The van der Waals surface area contributed by atoms with Gasteiger partial charge >= 0.3 is 0 Å². The lowest BCUT2D eigenvalue weighted by Gasteiger charge is -2.10. The second kappa shape index (κ2) is 7.00. The molecule has 0 atom stereocenters. The van der Waals surface area contributed by atoms with Gasteiger partial charge in [-0.25, -0.2) is 0 Å². The molecule has 7 heteroatoms. The van der Waals surface area contributed by atoms with Gasteiger partial charge in [0.1, 0.15) is 4.99 Å². The Morgan fingerprint density at radius 2 is 1.76 bits per heavy atom. The number of nitrogens with two attached hydrogens (primary N) is 1. The number of rotatable bonds is 3. The van der Waals surface area contributed by atoms with Gasteiger partial charge in [0, 0.05) is 19.0 Å². The van der Waals surface area contributed by atoms with E-state index < -0.39 is 0 Å². The molecule has 0 aliphatic carbocycles. The third-order valence-electron chi connectivity index (χ3n) is 2.67. The maximum Gasteiger partial charge on any atom is 0.256 e. The molecule has 1 amide bonds. The molecule has 0 aliphatic rings. The van der Waals surface area contributed by atoms with Crippen molar-refractivity contribution in [2.24, 2.45) is 5.73 Å². The van der Waals surface area contributed by atoms with Crippen molar-refractivity contribution in [1.29, 1.82) is 0 Å². The van der Waals surface area contributed by atoms with Crippen molar-refractivity contribution in [3.63, 3.8) is 0 Å². The third kappa shape index (κ3) is 4.12. The Morgan fingerprint density at radius 3 is 2.38 bits per heavy atom. The van der Waals surface area contributed by atoms with Crippen molar-refractivity contribution < 1.29 is 4.79 Å². The lowest BCUT2D eigenvalue weighted by Crippen LogP contribution is -2.14. The van der Waals surface area contributed by atoms with Crippen molar-refractivity contribution in [3.8, 4) is 0 Å². The van der Waals surface area contributed by atoms with Crippen LogP contribution < -0.4 is 11.1 Å². The van der Waals surface area contributed by atoms with Gasteiger partial charge < -0.3 is 11.1 Å². The van der Waals surface area contributed by atoms with Crippen LogP contribution in [-0.4, -0.2) is 10.9 Å². The molecule has 2 rings (SSSR count). The molecule has 0 saturated heterocycles. The molecule has 0 aromatic heterocycles. The summed E-state index contributed by atoms with van der Waals surface area (Å²) in [6.45, 7) is 0. The number of anilines is 1. The van der Waals surface area contributed by atoms with Gasteiger partial charge in [0.2, 0.25) is 0 Å². The van der Waals surface area contributed by atoms with E-state index in [-0.39, 0.29) is 5.91 Å². The number of benzene rings is 2. The quantitative estimate of drug-likeness (QED) is 0.602. The molecule has 108 valence electrons. The summed E-state index contributed by atoms with van der Waals surface area (Å²) in [5, 5.41) is 2.84. The summed E-state index contributed by atoms with van der Waals surface area (Å²) in [7, 11) is 0. The third-order valence-corrected chi connectivity index (χ3v) is 4.75. The highest BCUT2D eigenvalue weighted by Gasteiger charge is 2.13. The SMILES string of the molecule is NC(=S)c1ccc(NC(=O)c2cc(Br)ccc2Br)c(Br)c1. The molecule has 0 unspecified atom stereocenters. The van der Waals surface area contributed by atoms with Gasteiger partial charge in [0.25, 0.3) is 5.91 Å². The summed E-state index contributed by atoms with van der Waals surface area (Å²) in [5.41, 5.74) is 7.49. The molecule has 2 aromatic rings. The van der Waals surface area contributed by atoms with E-state index in [1.807, 2.05) is 12.1 Å². The van der Waals surface area contributed by atoms with E-state index in [9.17, 15) is 4.79 Å². The van der Waals surface area contributed by atoms with Gasteiger partial charge in [-0.2, -0.15) is 0 Å². The minimum Gasteiger partial charge on any atom is -0.389 e. The summed E-state index contributed by atoms with van der Waals surface area (Å²) in [6, 6.07) is 10.7. The summed E-state index contributed by atoms with van der Waals surface area (Å²) < 4.78 is 2.27. The average Bonchev–Trinajstić information content (AvgIpc) is 2.43. The molecule has 3 nitrogen and oxygen atoms in total. The Kier molecular flexibility index (Phi) is 5.54. The van der Waals surface area contributed by atoms with Crippen molar-refractivity contribution in [2.75, 3.05) is 5.32 Å². The van der Waals surface area contributed by atoms with Crippen molar-refractivity contribution in [3.05, 3.63) is 60.9 Å². The molecular weight excluding hydrogens is 484 g/mol. The van der Waals surface area contributed by atoms with Crippen LogP contribution >= 0.6 is 60.0 Å². The fourth-order valence-corrected chi connectivity index (χ4v) is 3.02. The van der Waals surface area contributed by atoms with Gasteiger partial charge in [-0.05, 0) is 68.3 Å². The summed E-state index contributed by atoms with van der Waals surface area (Å²) in [4.78, 5) is 12.6. The molecule has 0 radical (unpaired) electrons. The smallest absolute Gasteiger partial charge is 0.256 e. The van der Waals surface area contributed by atoms with E-state index in [0.29, 0.717) is 20.7 Å². The normalized spacial score (nSPS) is 10.2. The van der Waals surface area contributed by atoms with Crippen LogP contribution in [0.3, 0.4) is 0 Å². The van der Waals surface area contributed by atoms with E-state index in [0.717, 1.165) is 14.5 Å². The first-order chi connectivity index (χ1) is 9.88. The summed E-state index contributed by atoms with van der Waals surface area (Å²) in [6.07, 6.45) is 0. The number of amides is 1. The average molecular weight is 493 g/mol. The van der Waals surface area contributed by atoms with E-state index in [4.69, 9.17) is 18.0 Å². The van der Waals surface area contributed by atoms with Crippen LogP contribution in [-0.2, 0) is 0 Å². The topological polar surface area (TPSA) is 55.1 Å². The Hall–Kier alpha value is -0.760. The van der Waals surface area contributed by atoms with E-state index in [1.54, 1.807) is 24.3 Å². The number of halogens is 3. The molecule has 0 fully saturated rings. The number of hydrogen-bond donors (Lipinski definition) is 2. The first-order valence-corrected chi connectivity index (χ1v) is 8.53. The minimum atomic E-state index is -0.216. The Bertz CT molecular complexity index is 734. The second-order valence-electron chi connectivity index (χ2n) is 4.14. The number of carbonyl (C=O) groups is 1. The van der Waals surface area contributed by atoms with Crippen molar-refractivity contribution in [1.82, 2.24) is 0 Å². The van der Waals surface area contributed by atoms with Crippen LogP contribution in [0.25, 0.3) is 0 Å². The van der Waals surface area contributed by atoms with E-state index in [1.165, 1.54) is 0 Å². The van der Waals surface area contributed by atoms with Crippen LogP contribution in [0.1, 0.15) is 15.9 Å². The Morgan fingerprint density at radius 1 is 1.05 bits per heavy atom. The van der Waals surface area contributed by atoms with Crippen LogP contribution in [0.2, 0.25) is 0 Å². The van der Waals surface area contributed by atoms with E-state index >= 15 is 0 Å². The highest BCUT2D eigenvalue weighted by Crippen LogP contribution is 2.26. The zero-order valence-electron chi connectivity index (χ0n) is 10.5. The number of carbonyl (C=O) groups excluding carboxylic acids is 1. The zero-order chi connectivity index (χ0) is 15.6. The zero-order valence-corrected chi connectivity index (χ0v) is 16.1. The van der Waals surface area contributed by atoms with Gasteiger partial charge in [0.05, 0.1) is 11.3 Å². The molecule has 0 spiro atoms. The fourth-order valence-electron chi connectivity index (χ4n) is 1.63. The molecular formula is C14H9Br3N2OS. The maximum absolute atomic E-state index is 12.3. The monoisotopic (exact) mass is 490 g/mol. The number of thiocarbonyl (C=S) groups is 1. The minimum absolute atomic E-state index is 0.216. The Labute approximate surface area is 152 Å². The van der Waals surface area contributed by atoms with Gasteiger partial charge in [-0.3, -0.25) is 4.79 Å². The summed E-state index contributed by atoms with van der Waals surface area (Å²) in [5.74, 6) is -0.216. The molecule has 0 heterocycles. The predicted octanol–water partition coefficient (Wildman–Crippen LogP) is 4.86. The van der Waals surface area contributed by atoms with Gasteiger partial charge in [-0.1, -0.05) is 28.1 Å². The summed E-state index contributed by atoms with van der Waals surface area (Å²) >= 11 is 15.0. The maximum atomic E-state index is 12.3. The van der Waals surface area contributed by atoms with Crippen LogP contribution in [0.15, 0.2) is 49.8 Å². The van der Waals surface area contributed by atoms with Gasteiger partial charge in [0.15, 0.2) is 0 Å². The predicted molar refractivity (Wildman–Crippen MR) is 99.8 cm³/mol. The first-order valence-electron chi connectivity index (χ1n) is 5.74. The van der Waals surface area contributed by atoms with Crippen molar-refractivity contribution >= 4 is 76.6 Å². The fraction of sp³-hybridized carbons (Fsp3) is 0. The standard InChI is InChI=1S/C14H9Br3N2OS/c15-8-2-3-10(16)9(6-8)14(20)19-12-4-1-7(13(18)21)5-11(12)17/h1-6H,(H2,18,21)(H,19,20). The first kappa shape index (κ1) is 16.6. The highest BCUT2D eigenvalue weighted by molar-refractivity contribution is 9.11. The molecule has 3 N–H and O–H groups in total. The molecule has 0 bridgehead atoms.